The zero-order valence-corrected chi connectivity index (χ0v) is 13.1. The highest BCUT2D eigenvalue weighted by molar-refractivity contribution is 5.13. The number of morpholine rings is 1. The summed E-state index contributed by atoms with van der Waals surface area (Å²) in [5.74, 6) is 0. The Morgan fingerprint density at radius 1 is 1.33 bits per heavy atom. The van der Waals surface area contributed by atoms with E-state index in [0.717, 1.165) is 25.1 Å². The van der Waals surface area contributed by atoms with Crippen LogP contribution in [-0.2, 0) is 16.1 Å². The number of aliphatic hydroxyl groups is 1. The first kappa shape index (κ1) is 16.4. The molecule has 1 aromatic rings. The lowest BCUT2D eigenvalue weighted by molar-refractivity contribution is -0.0906. The molecule has 1 aliphatic heterocycles. The van der Waals surface area contributed by atoms with Crippen LogP contribution in [0.2, 0.25) is 0 Å². The summed E-state index contributed by atoms with van der Waals surface area (Å²) in [5, 5.41) is 10.1. The minimum absolute atomic E-state index is 0.237. The first-order chi connectivity index (χ1) is 10.2. The number of rotatable bonds is 7. The second-order valence-corrected chi connectivity index (χ2v) is 5.85. The monoisotopic (exact) mass is 293 g/mol. The summed E-state index contributed by atoms with van der Waals surface area (Å²) in [4.78, 5) is 2.28. The molecule has 3 unspecified atom stereocenters. The number of ether oxygens (including phenoxy) is 2. The first-order valence-electron chi connectivity index (χ1n) is 7.85. The van der Waals surface area contributed by atoms with Gasteiger partial charge in [-0.05, 0) is 18.9 Å². The molecule has 1 aromatic carbocycles. The second-order valence-electron chi connectivity index (χ2n) is 5.85. The minimum Gasteiger partial charge on any atom is -0.389 e. The Balaban J connectivity index is 1.68. The van der Waals surface area contributed by atoms with Crippen LogP contribution in [0.4, 0.5) is 0 Å². The van der Waals surface area contributed by atoms with E-state index in [2.05, 4.69) is 18.7 Å². The summed E-state index contributed by atoms with van der Waals surface area (Å²) in [5.41, 5.74) is 1.13. The van der Waals surface area contributed by atoms with Crippen molar-refractivity contribution in [3.05, 3.63) is 35.9 Å². The fourth-order valence-corrected chi connectivity index (χ4v) is 2.75. The van der Waals surface area contributed by atoms with E-state index in [4.69, 9.17) is 9.47 Å². The Labute approximate surface area is 127 Å². The van der Waals surface area contributed by atoms with Crippen LogP contribution in [0.5, 0.6) is 0 Å². The summed E-state index contributed by atoms with van der Waals surface area (Å²) < 4.78 is 11.4. The van der Waals surface area contributed by atoms with Crippen LogP contribution in [0.3, 0.4) is 0 Å². The number of β-amino-alcohol motifs (C(OH)–C–C–N with tert-alkyl or cyclic N) is 1. The molecular weight excluding hydrogens is 266 g/mol. The lowest BCUT2D eigenvalue weighted by Gasteiger charge is -2.37. The van der Waals surface area contributed by atoms with E-state index in [1.165, 1.54) is 0 Å². The molecule has 1 N–H and O–H groups in total. The highest BCUT2D eigenvalue weighted by atomic mass is 16.5. The topological polar surface area (TPSA) is 41.9 Å². The van der Waals surface area contributed by atoms with E-state index in [0.29, 0.717) is 19.8 Å². The van der Waals surface area contributed by atoms with Gasteiger partial charge in [0.05, 0.1) is 31.5 Å². The molecule has 1 aliphatic rings. The predicted octanol–water partition coefficient (Wildman–Crippen LogP) is 2.06. The third kappa shape index (κ3) is 5.75. The molecule has 2 rings (SSSR count). The van der Waals surface area contributed by atoms with E-state index < -0.39 is 6.10 Å². The number of nitrogens with zero attached hydrogens (tertiary/aromatic N) is 1. The maximum atomic E-state index is 10.1. The van der Waals surface area contributed by atoms with Crippen LogP contribution in [0.1, 0.15) is 25.8 Å². The fraction of sp³-hybridized carbons (Fsp3) is 0.647. The van der Waals surface area contributed by atoms with Crippen LogP contribution in [0, 0.1) is 0 Å². The van der Waals surface area contributed by atoms with Crippen molar-refractivity contribution in [2.24, 2.45) is 0 Å². The molecule has 0 aromatic heterocycles. The van der Waals surface area contributed by atoms with Crippen LogP contribution < -0.4 is 0 Å². The van der Waals surface area contributed by atoms with E-state index in [9.17, 15) is 5.11 Å². The Kier molecular flexibility index (Phi) is 6.64. The van der Waals surface area contributed by atoms with E-state index in [1.807, 2.05) is 30.3 Å². The average molecular weight is 293 g/mol. The molecule has 3 atom stereocenters. The van der Waals surface area contributed by atoms with Crippen molar-refractivity contribution in [3.63, 3.8) is 0 Å². The van der Waals surface area contributed by atoms with E-state index >= 15 is 0 Å². The fourth-order valence-electron chi connectivity index (χ4n) is 2.75. The lowest BCUT2D eigenvalue weighted by Crippen LogP contribution is -2.49. The van der Waals surface area contributed by atoms with Gasteiger partial charge in [-0.3, -0.25) is 4.90 Å². The molecule has 1 heterocycles. The van der Waals surface area contributed by atoms with Crippen molar-refractivity contribution in [3.8, 4) is 0 Å². The van der Waals surface area contributed by atoms with Crippen molar-refractivity contribution in [1.82, 2.24) is 4.90 Å². The molecule has 1 saturated heterocycles. The molecular formula is C17H27NO3. The molecule has 0 spiro atoms. The molecule has 0 amide bonds. The SMILES string of the molecule is CCC1CN(CC(O)COCc2ccccc2)CC(C)O1. The van der Waals surface area contributed by atoms with Crippen LogP contribution in [-0.4, -0.2) is 54.6 Å². The molecule has 0 radical (unpaired) electrons. The van der Waals surface area contributed by atoms with Crippen LogP contribution in [0.15, 0.2) is 30.3 Å². The Hall–Kier alpha value is -0.940. The standard InChI is InChI=1S/C17H27NO3/c1-3-17-11-18(9-14(2)21-17)10-16(19)13-20-12-15-7-5-4-6-8-15/h4-8,14,16-17,19H,3,9-13H2,1-2H3. The van der Waals surface area contributed by atoms with Gasteiger partial charge in [-0.15, -0.1) is 0 Å². The molecule has 4 nitrogen and oxygen atoms in total. The van der Waals surface area contributed by atoms with Gasteiger partial charge >= 0.3 is 0 Å². The Morgan fingerprint density at radius 3 is 2.81 bits per heavy atom. The van der Waals surface area contributed by atoms with Gasteiger partial charge in [0.1, 0.15) is 0 Å². The van der Waals surface area contributed by atoms with Crippen molar-refractivity contribution < 1.29 is 14.6 Å². The van der Waals surface area contributed by atoms with Gasteiger partial charge in [0.2, 0.25) is 0 Å². The number of benzene rings is 1. The van der Waals surface area contributed by atoms with Gasteiger partial charge in [0, 0.05) is 19.6 Å². The molecule has 0 bridgehead atoms. The van der Waals surface area contributed by atoms with Gasteiger partial charge in [-0.25, -0.2) is 0 Å². The highest BCUT2D eigenvalue weighted by Crippen LogP contribution is 2.14. The molecule has 21 heavy (non-hydrogen) atoms. The zero-order chi connectivity index (χ0) is 15.1. The van der Waals surface area contributed by atoms with Crippen molar-refractivity contribution in [1.29, 1.82) is 0 Å². The lowest BCUT2D eigenvalue weighted by atomic mass is 10.1. The van der Waals surface area contributed by atoms with Gasteiger partial charge < -0.3 is 14.6 Å². The normalized spacial score (nSPS) is 24.9. The first-order valence-corrected chi connectivity index (χ1v) is 7.85. The molecule has 0 aliphatic carbocycles. The largest absolute Gasteiger partial charge is 0.389 e. The molecule has 1 fully saturated rings. The quantitative estimate of drug-likeness (QED) is 0.835. The van der Waals surface area contributed by atoms with Gasteiger partial charge in [-0.1, -0.05) is 37.3 Å². The summed E-state index contributed by atoms with van der Waals surface area (Å²) in [6.45, 7) is 7.58. The number of hydrogen-bond donors (Lipinski definition) is 1. The second kappa shape index (κ2) is 8.49. The predicted molar refractivity (Wildman–Crippen MR) is 83.2 cm³/mol. The average Bonchev–Trinajstić information content (AvgIpc) is 2.47. The van der Waals surface area contributed by atoms with Crippen LogP contribution >= 0.6 is 0 Å². The summed E-state index contributed by atoms with van der Waals surface area (Å²) in [6.07, 6.45) is 1.09. The number of hydrogen-bond acceptors (Lipinski definition) is 4. The molecule has 118 valence electrons. The van der Waals surface area contributed by atoms with Crippen LogP contribution in [0.25, 0.3) is 0 Å². The third-order valence-electron chi connectivity index (χ3n) is 3.75. The van der Waals surface area contributed by atoms with Crippen molar-refractivity contribution >= 4 is 0 Å². The minimum atomic E-state index is -0.448. The van der Waals surface area contributed by atoms with Gasteiger partial charge in [0.25, 0.3) is 0 Å². The van der Waals surface area contributed by atoms with E-state index in [-0.39, 0.29) is 12.2 Å². The summed E-state index contributed by atoms with van der Waals surface area (Å²) in [6, 6.07) is 10.0. The maximum Gasteiger partial charge on any atom is 0.0900 e. The Bertz CT molecular complexity index is 398. The highest BCUT2D eigenvalue weighted by Gasteiger charge is 2.25. The van der Waals surface area contributed by atoms with E-state index in [1.54, 1.807) is 0 Å². The zero-order valence-electron chi connectivity index (χ0n) is 13.1. The van der Waals surface area contributed by atoms with Gasteiger partial charge in [-0.2, -0.15) is 0 Å². The van der Waals surface area contributed by atoms with Gasteiger partial charge in [0.15, 0.2) is 0 Å². The molecule has 0 saturated carbocycles. The smallest absolute Gasteiger partial charge is 0.0900 e. The summed E-state index contributed by atoms with van der Waals surface area (Å²) in [7, 11) is 0. The third-order valence-corrected chi connectivity index (χ3v) is 3.75. The summed E-state index contributed by atoms with van der Waals surface area (Å²) >= 11 is 0. The molecule has 4 heteroatoms. The van der Waals surface area contributed by atoms with Crippen molar-refractivity contribution in [2.75, 3.05) is 26.2 Å². The maximum absolute atomic E-state index is 10.1. The number of aliphatic hydroxyl groups excluding tert-OH is 1. The Morgan fingerprint density at radius 2 is 2.10 bits per heavy atom. The van der Waals surface area contributed by atoms with Crippen molar-refractivity contribution in [2.45, 2.75) is 45.2 Å².